The smallest absolute Gasteiger partial charge is 0.253 e. The molecule has 5 atom stereocenters. The predicted molar refractivity (Wildman–Crippen MR) is 156 cm³/mol. The lowest BCUT2D eigenvalue weighted by Crippen LogP contribution is -2.56. The third kappa shape index (κ3) is 5.00. The van der Waals surface area contributed by atoms with Crippen LogP contribution in [0, 0.1) is 25.7 Å². The Hall–Kier alpha value is -2.97. The molecule has 0 aromatic heterocycles. The number of nitrogens with zero attached hydrogens (tertiary/aromatic N) is 3. The van der Waals surface area contributed by atoms with Crippen LogP contribution >= 0.6 is 0 Å². The molecule has 40 heavy (non-hydrogen) atoms. The summed E-state index contributed by atoms with van der Waals surface area (Å²) in [6, 6.07) is 5.16. The lowest BCUT2D eigenvalue weighted by molar-refractivity contribution is -0.149. The molecule has 1 aromatic carbocycles. The van der Waals surface area contributed by atoms with Gasteiger partial charge in [0.25, 0.3) is 5.91 Å². The largest absolute Gasteiger partial charge is 0.396 e. The third-order valence-electron chi connectivity index (χ3n) is 9.10. The van der Waals surface area contributed by atoms with Crippen molar-refractivity contribution in [3.05, 3.63) is 54.6 Å². The van der Waals surface area contributed by atoms with Crippen LogP contribution in [0.1, 0.15) is 56.6 Å². The maximum atomic E-state index is 14.7. The number of likely N-dealkylation sites (tertiary alicyclic amines) is 1. The number of aliphatic hydroxyl groups is 1. The molecule has 0 saturated carbocycles. The van der Waals surface area contributed by atoms with Crippen LogP contribution in [0.4, 0.5) is 5.69 Å². The number of anilines is 1. The second kappa shape index (κ2) is 11.9. The van der Waals surface area contributed by atoms with Gasteiger partial charge in [0.15, 0.2) is 0 Å². The number of unbranched alkanes of at least 4 members (excludes halogenated alkanes) is 3. The quantitative estimate of drug-likeness (QED) is 0.298. The second-order valence-corrected chi connectivity index (χ2v) is 11.9. The first kappa shape index (κ1) is 30.0. The van der Waals surface area contributed by atoms with Crippen molar-refractivity contribution in [2.45, 2.75) is 76.5 Å². The van der Waals surface area contributed by atoms with E-state index < -0.39 is 29.1 Å². The van der Waals surface area contributed by atoms with Gasteiger partial charge in [-0.05, 0) is 63.6 Å². The molecule has 3 fully saturated rings. The lowest BCUT2D eigenvalue weighted by Gasteiger charge is -2.37. The average molecular weight is 552 g/mol. The molecule has 3 heterocycles. The maximum absolute atomic E-state index is 14.7. The number of amides is 3. The maximum Gasteiger partial charge on any atom is 0.253 e. The van der Waals surface area contributed by atoms with Crippen molar-refractivity contribution in [2.24, 2.45) is 11.8 Å². The van der Waals surface area contributed by atoms with Crippen LogP contribution in [0.15, 0.2) is 43.5 Å². The number of fused-ring (bicyclic) bond motifs is 1. The molecular formula is C32H45N3O5. The summed E-state index contributed by atoms with van der Waals surface area (Å²) in [5, 5.41) is 9.18. The molecule has 8 heteroatoms. The van der Waals surface area contributed by atoms with Crippen molar-refractivity contribution in [1.29, 1.82) is 0 Å². The number of aliphatic hydroxyl groups excluding tert-OH is 1. The Morgan fingerprint density at radius 1 is 1.10 bits per heavy atom. The van der Waals surface area contributed by atoms with E-state index in [4.69, 9.17) is 4.74 Å². The second-order valence-electron chi connectivity index (χ2n) is 11.9. The van der Waals surface area contributed by atoms with E-state index in [2.05, 4.69) is 13.2 Å². The van der Waals surface area contributed by atoms with Gasteiger partial charge in [-0.2, -0.15) is 0 Å². The number of ether oxygens (including phenoxy) is 1. The van der Waals surface area contributed by atoms with E-state index in [0.717, 1.165) is 29.7 Å². The number of hydrogen-bond donors (Lipinski definition) is 1. The number of carbonyl (C=O) groups is 3. The molecule has 3 amide bonds. The molecule has 1 N–H and O–H groups in total. The van der Waals surface area contributed by atoms with Gasteiger partial charge in [-0.3, -0.25) is 14.4 Å². The van der Waals surface area contributed by atoms with E-state index in [1.807, 2.05) is 39.0 Å². The number of likely N-dealkylation sites (N-methyl/N-ethyl adjacent to an activating group) is 1. The van der Waals surface area contributed by atoms with Crippen LogP contribution in [0.2, 0.25) is 0 Å². The van der Waals surface area contributed by atoms with Crippen molar-refractivity contribution in [2.75, 3.05) is 38.2 Å². The van der Waals surface area contributed by atoms with E-state index in [0.29, 0.717) is 45.3 Å². The summed E-state index contributed by atoms with van der Waals surface area (Å²) in [5.41, 5.74) is 0.888. The fraction of sp³-hybridized carbons (Fsp3) is 0.594. The van der Waals surface area contributed by atoms with Crippen LogP contribution in [0.25, 0.3) is 0 Å². The zero-order valence-corrected chi connectivity index (χ0v) is 24.5. The summed E-state index contributed by atoms with van der Waals surface area (Å²) in [6.07, 6.45) is 7.61. The van der Waals surface area contributed by atoms with Crippen LogP contribution in [0.3, 0.4) is 0 Å². The van der Waals surface area contributed by atoms with E-state index in [1.165, 1.54) is 0 Å². The Balaban J connectivity index is 1.77. The van der Waals surface area contributed by atoms with Gasteiger partial charge in [0.1, 0.15) is 11.6 Å². The summed E-state index contributed by atoms with van der Waals surface area (Å²) >= 11 is 0. The molecule has 0 aliphatic carbocycles. The number of rotatable bonds is 13. The minimum Gasteiger partial charge on any atom is -0.396 e. The Labute approximate surface area is 238 Å². The van der Waals surface area contributed by atoms with E-state index in [9.17, 15) is 19.5 Å². The van der Waals surface area contributed by atoms with Gasteiger partial charge in [0, 0.05) is 39.0 Å². The van der Waals surface area contributed by atoms with E-state index >= 15 is 0 Å². The standard InChI is InChI=1S/C32H45N3O5/c1-7-17-33(6)28(37)25-26-29(38)35(19-11-9-10-12-20-36)27(32(26)16-15-31(25,5)40-32)30(39)34(18-8-2)24-21-22(3)13-14-23(24)4/h7-8,13-14,21,25-27,36H,1-2,9-12,15-20H2,3-6H3/t25-,26+,27?,31+,32?/m1/s1. The van der Waals surface area contributed by atoms with Crippen molar-refractivity contribution < 1.29 is 24.2 Å². The van der Waals surface area contributed by atoms with E-state index in [1.54, 1.807) is 33.9 Å². The Bertz CT molecular complexity index is 1170. The molecule has 2 bridgehead atoms. The first-order valence-corrected chi connectivity index (χ1v) is 14.5. The Morgan fingerprint density at radius 2 is 1.80 bits per heavy atom. The van der Waals surface area contributed by atoms with Gasteiger partial charge >= 0.3 is 0 Å². The summed E-state index contributed by atoms with van der Waals surface area (Å²) < 4.78 is 6.79. The summed E-state index contributed by atoms with van der Waals surface area (Å²) in [5.74, 6) is -1.90. The zero-order chi connectivity index (χ0) is 29.2. The van der Waals surface area contributed by atoms with Gasteiger partial charge < -0.3 is 24.5 Å². The Morgan fingerprint density at radius 3 is 2.48 bits per heavy atom. The van der Waals surface area contributed by atoms with Crippen LogP contribution in [0.5, 0.6) is 0 Å². The lowest BCUT2D eigenvalue weighted by atomic mass is 9.66. The molecule has 2 unspecified atom stereocenters. The van der Waals surface area contributed by atoms with Gasteiger partial charge in [0.2, 0.25) is 11.8 Å². The molecule has 218 valence electrons. The van der Waals surface area contributed by atoms with Gasteiger partial charge in [-0.15, -0.1) is 13.2 Å². The van der Waals surface area contributed by atoms with Crippen LogP contribution in [-0.4, -0.2) is 83.2 Å². The molecule has 8 nitrogen and oxygen atoms in total. The topological polar surface area (TPSA) is 90.4 Å². The number of aryl methyl sites for hydroxylation is 2. The van der Waals surface area contributed by atoms with Crippen molar-refractivity contribution in [1.82, 2.24) is 9.80 Å². The van der Waals surface area contributed by atoms with Gasteiger partial charge in [-0.25, -0.2) is 0 Å². The molecule has 1 spiro atoms. The third-order valence-corrected chi connectivity index (χ3v) is 9.10. The molecule has 4 rings (SSSR count). The molecule has 3 aliphatic rings. The highest BCUT2D eigenvalue weighted by Gasteiger charge is 2.78. The van der Waals surface area contributed by atoms with Crippen LogP contribution in [-0.2, 0) is 19.1 Å². The molecular weight excluding hydrogens is 506 g/mol. The number of hydrogen-bond acceptors (Lipinski definition) is 5. The molecule has 3 saturated heterocycles. The minimum atomic E-state index is -1.07. The number of carbonyl (C=O) groups excluding carboxylic acids is 3. The molecule has 0 radical (unpaired) electrons. The predicted octanol–water partition coefficient (Wildman–Crippen LogP) is 3.78. The van der Waals surface area contributed by atoms with Gasteiger partial charge in [0.05, 0.1) is 17.4 Å². The van der Waals surface area contributed by atoms with Crippen LogP contribution < -0.4 is 4.90 Å². The number of benzene rings is 1. The summed E-state index contributed by atoms with van der Waals surface area (Å²) in [7, 11) is 1.72. The Kier molecular flexibility index (Phi) is 8.90. The van der Waals surface area contributed by atoms with Gasteiger partial charge in [-0.1, -0.05) is 37.1 Å². The summed E-state index contributed by atoms with van der Waals surface area (Å²) in [6.45, 7) is 14.8. The fourth-order valence-corrected chi connectivity index (χ4v) is 7.18. The first-order valence-electron chi connectivity index (χ1n) is 14.5. The van der Waals surface area contributed by atoms with Crippen molar-refractivity contribution in [3.8, 4) is 0 Å². The van der Waals surface area contributed by atoms with Crippen molar-refractivity contribution >= 4 is 23.4 Å². The SMILES string of the molecule is C=CCN(C)C(=O)[C@H]1[C@H]2C(=O)N(CCCCCCO)C(C(=O)N(CC=C)c3cc(C)ccc3C)C23CC[C@]1(C)O3. The fourth-order valence-electron chi connectivity index (χ4n) is 7.18. The average Bonchev–Trinajstić information content (AvgIpc) is 3.48. The highest BCUT2D eigenvalue weighted by Crippen LogP contribution is 2.63. The van der Waals surface area contributed by atoms with Crippen molar-refractivity contribution in [3.63, 3.8) is 0 Å². The molecule has 1 aromatic rings. The van der Waals surface area contributed by atoms with E-state index in [-0.39, 0.29) is 24.3 Å². The normalized spacial score (nSPS) is 28.5. The summed E-state index contributed by atoms with van der Waals surface area (Å²) in [4.78, 5) is 47.8. The zero-order valence-electron chi connectivity index (χ0n) is 24.5. The highest BCUT2D eigenvalue weighted by atomic mass is 16.5. The monoisotopic (exact) mass is 551 g/mol. The minimum absolute atomic E-state index is 0.135. The molecule has 3 aliphatic heterocycles. The highest BCUT2D eigenvalue weighted by molar-refractivity contribution is 6.05. The first-order chi connectivity index (χ1) is 19.1.